The maximum absolute atomic E-state index is 10.6. The van der Waals surface area contributed by atoms with Gasteiger partial charge in [-0.05, 0) is 0 Å². The van der Waals surface area contributed by atoms with Crippen molar-refractivity contribution in [1.29, 1.82) is 0 Å². The summed E-state index contributed by atoms with van der Waals surface area (Å²) in [7, 11) is 0. The van der Waals surface area contributed by atoms with Gasteiger partial charge in [0, 0.05) is 18.6 Å². The number of ketones is 1. The predicted molar refractivity (Wildman–Crippen MR) is 34.7 cm³/mol. The number of thioether (sulfide) groups is 1. The van der Waals surface area contributed by atoms with Crippen molar-refractivity contribution >= 4 is 17.5 Å². The van der Waals surface area contributed by atoms with Gasteiger partial charge >= 0.3 is 0 Å². The highest BCUT2D eigenvalue weighted by atomic mass is 32.2. The zero-order valence-corrected chi connectivity index (χ0v) is 5.41. The smallest absolute Gasteiger partial charge is 0.136 e. The molecule has 1 heterocycles. The SMILES string of the molecule is NC1CC(=O)CCS1. The van der Waals surface area contributed by atoms with Crippen LogP contribution < -0.4 is 5.73 Å². The Labute approximate surface area is 52.8 Å². The molecule has 0 aromatic rings. The Morgan fingerprint density at radius 2 is 2.50 bits per heavy atom. The molecule has 0 amide bonds. The summed E-state index contributed by atoms with van der Waals surface area (Å²) in [4.78, 5) is 10.6. The number of carbonyl (C=O) groups is 1. The van der Waals surface area contributed by atoms with Crippen molar-refractivity contribution in [3.8, 4) is 0 Å². The Bertz CT molecular complexity index is 105. The first-order chi connectivity index (χ1) is 3.79. The molecule has 0 saturated carbocycles. The van der Waals surface area contributed by atoms with Gasteiger partial charge in [0.05, 0.1) is 5.37 Å². The van der Waals surface area contributed by atoms with Crippen molar-refractivity contribution in [3.05, 3.63) is 0 Å². The van der Waals surface area contributed by atoms with Crippen LogP contribution in [0.15, 0.2) is 0 Å². The van der Waals surface area contributed by atoms with E-state index in [1.165, 1.54) is 0 Å². The molecule has 1 unspecified atom stereocenters. The third-order valence-electron chi connectivity index (χ3n) is 1.14. The Kier molecular flexibility index (Phi) is 1.91. The first kappa shape index (κ1) is 6.11. The molecule has 0 aliphatic carbocycles. The third-order valence-corrected chi connectivity index (χ3v) is 2.18. The molecule has 1 saturated heterocycles. The van der Waals surface area contributed by atoms with Crippen LogP contribution in [0.4, 0.5) is 0 Å². The molecule has 0 spiro atoms. The maximum Gasteiger partial charge on any atom is 0.136 e. The second-order valence-corrected chi connectivity index (χ2v) is 3.25. The number of rotatable bonds is 0. The van der Waals surface area contributed by atoms with Crippen molar-refractivity contribution in [2.75, 3.05) is 5.75 Å². The van der Waals surface area contributed by atoms with Crippen molar-refractivity contribution in [2.45, 2.75) is 18.2 Å². The third kappa shape index (κ3) is 1.49. The number of hydrogen-bond donors (Lipinski definition) is 1. The van der Waals surface area contributed by atoms with E-state index in [1.807, 2.05) is 0 Å². The lowest BCUT2D eigenvalue weighted by molar-refractivity contribution is -0.118. The summed E-state index contributed by atoms with van der Waals surface area (Å²) in [5.74, 6) is 1.23. The molecule has 1 atom stereocenters. The van der Waals surface area contributed by atoms with Crippen molar-refractivity contribution in [2.24, 2.45) is 5.73 Å². The van der Waals surface area contributed by atoms with Gasteiger partial charge < -0.3 is 5.73 Å². The molecule has 2 N–H and O–H groups in total. The monoisotopic (exact) mass is 131 g/mol. The van der Waals surface area contributed by atoms with Gasteiger partial charge in [-0.25, -0.2) is 0 Å². The zero-order chi connectivity index (χ0) is 5.98. The number of carbonyl (C=O) groups excluding carboxylic acids is 1. The largest absolute Gasteiger partial charge is 0.319 e. The minimum absolute atomic E-state index is 0.0799. The lowest BCUT2D eigenvalue weighted by Crippen LogP contribution is -2.25. The van der Waals surface area contributed by atoms with Crippen LogP contribution in [0, 0.1) is 0 Å². The molecular weight excluding hydrogens is 122 g/mol. The molecule has 3 heteroatoms. The van der Waals surface area contributed by atoms with Crippen LogP contribution in [0.25, 0.3) is 0 Å². The van der Waals surface area contributed by atoms with Gasteiger partial charge in [-0.2, -0.15) is 0 Å². The van der Waals surface area contributed by atoms with E-state index in [4.69, 9.17) is 5.73 Å². The summed E-state index contributed by atoms with van der Waals surface area (Å²) in [5.41, 5.74) is 5.47. The lowest BCUT2D eigenvalue weighted by atomic mass is 10.2. The maximum atomic E-state index is 10.6. The molecule has 0 aromatic carbocycles. The van der Waals surface area contributed by atoms with Gasteiger partial charge in [0.2, 0.25) is 0 Å². The molecule has 1 rings (SSSR count). The predicted octanol–water partition coefficient (Wildman–Crippen LogP) is 0.367. The van der Waals surface area contributed by atoms with E-state index in [2.05, 4.69) is 0 Å². The van der Waals surface area contributed by atoms with E-state index in [-0.39, 0.29) is 5.37 Å². The first-order valence-electron chi connectivity index (χ1n) is 2.68. The molecule has 0 aromatic heterocycles. The van der Waals surface area contributed by atoms with E-state index in [9.17, 15) is 4.79 Å². The number of nitrogens with two attached hydrogens (primary N) is 1. The fourth-order valence-electron chi connectivity index (χ4n) is 0.710. The van der Waals surface area contributed by atoms with Crippen molar-refractivity contribution in [1.82, 2.24) is 0 Å². The van der Waals surface area contributed by atoms with E-state index in [1.54, 1.807) is 11.8 Å². The van der Waals surface area contributed by atoms with Gasteiger partial charge in [-0.3, -0.25) is 4.79 Å². The average molecular weight is 131 g/mol. The summed E-state index contributed by atoms with van der Waals surface area (Å²) in [6.45, 7) is 0. The van der Waals surface area contributed by atoms with Crippen LogP contribution in [0.1, 0.15) is 12.8 Å². The molecule has 1 fully saturated rings. The molecule has 1 aliphatic heterocycles. The van der Waals surface area contributed by atoms with Gasteiger partial charge in [0.25, 0.3) is 0 Å². The van der Waals surface area contributed by atoms with Crippen LogP contribution in [-0.4, -0.2) is 16.9 Å². The van der Waals surface area contributed by atoms with Crippen molar-refractivity contribution in [3.63, 3.8) is 0 Å². The standard InChI is InChI=1S/C5H9NOS/c6-5-3-4(7)1-2-8-5/h5H,1-3,6H2. The Hall–Kier alpha value is -0.0200. The summed E-state index contributed by atoms with van der Waals surface area (Å²) in [6.07, 6.45) is 1.29. The highest BCUT2D eigenvalue weighted by molar-refractivity contribution is 7.99. The summed E-state index contributed by atoms with van der Waals surface area (Å²) in [6, 6.07) is 0. The van der Waals surface area contributed by atoms with Crippen LogP contribution in [0.3, 0.4) is 0 Å². The first-order valence-corrected chi connectivity index (χ1v) is 3.73. The van der Waals surface area contributed by atoms with E-state index in [0.29, 0.717) is 12.2 Å². The van der Waals surface area contributed by atoms with Crippen LogP contribution in [-0.2, 0) is 4.79 Å². The normalized spacial score (nSPS) is 30.6. The minimum atomic E-state index is 0.0799. The van der Waals surface area contributed by atoms with Gasteiger partial charge in [-0.1, -0.05) is 0 Å². The summed E-state index contributed by atoms with van der Waals surface area (Å²) in [5, 5.41) is 0.0799. The van der Waals surface area contributed by atoms with Gasteiger partial charge in [0.15, 0.2) is 0 Å². The quantitative estimate of drug-likeness (QED) is 0.516. The summed E-state index contributed by atoms with van der Waals surface area (Å²) < 4.78 is 0. The topological polar surface area (TPSA) is 43.1 Å². The van der Waals surface area contributed by atoms with Crippen LogP contribution in [0.2, 0.25) is 0 Å². The number of Topliss-reactive ketones (excluding diaryl/α,β-unsaturated/α-hetero) is 1. The molecular formula is C5H9NOS. The Morgan fingerprint density at radius 1 is 1.75 bits per heavy atom. The number of hydrogen-bond acceptors (Lipinski definition) is 3. The van der Waals surface area contributed by atoms with Gasteiger partial charge in [0.1, 0.15) is 5.78 Å². The van der Waals surface area contributed by atoms with E-state index >= 15 is 0 Å². The molecule has 1 aliphatic rings. The fourth-order valence-corrected chi connectivity index (χ4v) is 1.66. The van der Waals surface area contributed by atoms with E-state index in [0.717, 1.165) is 12.2 Å². The lowest BCUT2D eigenvalue weighted by Gasteiger charge is -2.14. The molecule has 0 radical (unpaired) electrons. The van der Waals surface area contributed by atoms with Crippen molar-refractivity contribution < 1.29 is 4.79 Å². The van der Waals surface area contributed by atoms with Crippen LogP contribution in [0.5, 0.6) is 0 Å². The Morgan fingerprint density at radius 3 is 2.88 bits per heavy atom. The van der Waals surface area contributed by atoms with E-state index < -0.39 is 0 Å². The second kappa shape index (κ2) is 2.51. The molecule has 0 bridgehead atoms. The highest BCUT2D eigenvalue weighted by Gasteiger charge is 2.14. The summed E-state index contributed by atoms with van der Waals surface area (Å²) >= 11 is 1.68. The van der Waals surface area contributed by atoms with Gasteiger partial charge in [-0.15, -0.1) is 11.8 Å². The second-order valence-electron chi connectivity index (χ2n) is 1.90. The molecule has 46 valence electrons. The molecule has 2 nitrogen and oxygen atoms in total. The zero-order valence-electron chi connectivity index (χ0n) is 4.59. The highest BCUT2D eigenvalue weighted by Crippen LogP contribution is 2.17. The van der Waals surface area contributed by atoms with Crippen LogP contribution >= 0.6 is 11.8 Å². The fraction of sp³-hybridized carbons (Fsp3) is 0.800. The Balaban J connectivity index is 2.34. The molecule has 8 heavy (non-hydrogen) atoms. The average Bonchev–Trinajstić information content (AvgIpc) is 1.64. The minimum Gasteiger partial charge on any atom is -0.319 e.